The number of benzene rings is 1. The molecule has 2 rings (SSSR count). The highest BCUT2D eigenvalue weighted by atomic mass is 32.2. The SMILES string of the molecule is Cc1ccccc1CSc1nc(C(C)C)cc(=O)n1C. The molecule has 106 valence electrons. The van der Waals surface area contributed by atoms with Crippen LogP contribution in [0.2, 0.25) is 0 Å². The lowest BCUT2D eigenvalue weighted by Gasteiger charge is -2.11. The lowest BCUT2D eigenvalue weighted by Crippen LogP contribution is -2.20. The molecule has 20 heavy (non-hydrogen) atoms. The molecule has 0 radical (unpaired) electrons. The molecular formula is C16H20N2OS. The molecule has 0 saturated carbocycles. The maximum Gasteiger partial charge on any atom is 0.254 e. The van der Waals surface area contributed by atoms with Gasteiger partial charge in [-0.3, -0.25) is 9.36 Å². The predicted octanol–water partition coefficient (Wildman–Crippen LogP) is 3.50. The van der Waals surface area contributed by atoms with E-state index in [4.69, 9.17) is 0 Å². The van der Waals surface area contributed by atoms with Crippen LogP contribution in [0.4, 0.5) is 0 Å². The third-order valence-corrected chi connectivity index (χ3v) is 4.40. The number of hydrogen-bond acceptors (Lipinski definition) is 3. The van der Waals surface area contributed by atoms with Crippen molar-refractivity contribution in [3.8, 4) is 0 Å². The first-order chi connectivity index (χ1) is 9.49. The summed E-state index contributed by atoms with van der Waals surface area (Å²) in [4.78, 5) is 16.6. The Morgan fingerprint density at radius 2 is 2.00 bits per heavy atom. The van der Waals surface area contributed by atoms with Gasteiger partial charge in [0.1, 0.15) is 0 Å². The van der Waals surface area contributed by atoms with Crippen molar-refractivity contribution in [3.63, 3.8) is 0 Å². The van der Waals surface area contributed by atoms with Gasteiger partial charge in [0.25, 0.3) is 5.56 Å². The quantitative estimate of drug-likeness (QED) is 0.638. The fraction of sp³-hybridized carbons (Fsp3) is 0.375. The fourth-order valence-electron chi connectivity index (χ4n) is 1.87. The number of aromatic nitrogens is 2. The van der Waals surface area contributed by atoms with Gasteiger partial charge in [-0.25, -0.2) is 4.98 Å². The minimum atomic E-state index is 0.0102. The molecule has 0 spiro atoms. The second-order valence-electron chi connectivity index (χ2n) is 5.23. The highest BCUT2D eigenvalue weighted by Gasteiger charge is 2.09. The topological polar surface area (TPSA) is 34.9 Å². The van der Waals surface area contributed by atoms with Crippen molar-refractivity contribution in [2.24, 2.45) is 7.05 Å². The Morgan fingerprint density at radius 3 is 2.65 bits per heavy atom. The fourth-order valence-corrected chi connectivity index (χ4v) is 2.94. The second kappa shape index (κ2) is 6.27. The Kier molecular flexibility index (Phi) is 4.65. The van der Waals surface area contributed by atoms with Gasteiger partial charge >= 0.3 is 0 Å². The number of thioether (sulfide) groups is 1. The molecule has 1 aromatic heterocycles. The molecule has 4 heteroatoms. The maximum absolute atomic E-state index is 12.0. The van der Waals surface area contributed by atoms with E-state index in [0.29, 0.717) is 0 Å². The van der Waals surface area contributed by atoms with E-state index in [-0.39, 0.29) is 11.5 Å². The molecule has 0 N–H and O–H groups in total. The predicted molar refractivity (Wildman–Crippen MR) is 84.3 cm³/mol. The normalized spacial score (nSPS) is 11.1. The molecule has 0 fully saturated rings. The van der Waals surface area contributed by atoms with E-state index in [9.17, 15) is 4.79 Å². The lowest BCUT2D eigenvalue weighted by atomic mass is 10.1. The number of hydrogen-bond donors (Lipinski definition) is 0. The van der Waals surface area contributed by atoms with E-state index >= 15 is 0 Å². The van der Waals surface area contributed by atoms with E-state index in [1.54, 1.807) is 29.4 Å². The lowest BCUT2D eigenvalue weighted by molar-refractivity contribution is 0.668. The molecule has 0 bridgehead atoms. The standard InChI is InChI=1S/C16H20N2OS/c1-11(2)14-9-15(19)18(4)16(17-14)20-10-13-8-6-5-7-12(13)3/h5-9,11H,10H2,1-4H3. The third-order valence-electron chi connectivity index (χ3n) is 3.32. The molecule has 3 nitrogen and oxygen atoms in total. The molecule has 0 aliphatic rings. The Labute approximate surface area is 124 Å². The molecular weight excluding hydrogens is 268 g/mol. The zero-order valence-corrected chi connectivity index (χ0v) is 13.2. The van der Waals surface area contributed by atoms with Gasteiger partial charge in [0, 0.05) is 18.9 Å². The first kappa shape index (κ1) is 14.9. The summed E-state index contributed by atoms with van der Waals surface area (Å²) in [6.45, 7) is 6.21. The summed E-state index contributed by atoms with van der Waals surface area (Å²) < 4.78 is 1.62. The van der Waals surface area contributed by atoms with E-state index in [1.807, 2.05) is 12.1 Å². The summed E-state index contributed by atoms with van der Waals surface area (Å²) >= 11 is 1.61. The van der Waals surface area contributed by atoms with Gasteiger partial charge in [-0.05, 0) is 24.0 Å². The molecule has 0 saturated heterocycles. The molecule has 2 aromatic rings. The molecule has 0 atom stereocenters. The molecule has 1 heterocycles. The number of rotatable bonds is 4. The maximum atomic E-state index is 12.0. The summed E-state index contributed by atoms with van der Waals surface area (Å²) in [7, 11) is 1.78. The van der Waals surface area contributed by atoms with Gasteiger partial charge in [-0.1, -0.05) is 49.9 Å². The van der Waals surface area contributed by atoms with Crippen molar-refractivity contribution in [1.29, 1.82) is 0 Å². The Bertz CT molecular complexity index is 662. The van der Waals surface area contributed by atoms with Gasteiger partial charge in [-0.2, -0.15) is 0 Å². The van der Waals surface area contributed by atoms with E-state index in [1.165, 1.54) is 11.1 Å². The molecule has 0 unspecified atom stereocenters. The third kappa shape index (κ3) is 3.31. The van der Waals surface area contributed by atoms with Gasteiger partial charge in [0.2, 0.25) is 0 Å². The average molecular weight is 288 g/mol. The zero-order chi connectivity index (χ0) is 14.7. The van der Waals surface area contributed by atoms with Crippen molar-refractivity contribution >= 4 is 11.8 Å². The van der Waals surface area contributed by atoms with Crippen LogP contribution in [0, 0.1) is 6.92 Å². The average Bonchev–Trinajstić information content (AvgIpc) is 2.41. The minimum Gasteiger partial charge on any atom is -0.291 e. The van der Waals surface area contributed by atoms with Crippen LogP contribution in [-0.2, 0) is 12.8 Å². The summed E-state index contributed by atoms with van der Waals surface area (Å²) in [5, 5.41) is 0.782. The number of nitrogens with zero attached hydrogens (tertiary/aromatic N) is 2. The van der Waals surface area contributed by atoms with Crippen LogP contribution < -0.4 is 5.56 Å². The minimum absolute atomic E-state index is 0.0102. The van der Waals surface area contributed by atoms with Gasteiger partial charge in [-0.15, -0.1) is 0 Å². The van der Waals surface area contributed by atoms with Crippen LogP contribution in [0.1, 0.15) is 36.6 Å². The monoisotopic (exact) mass is 288 g/mol. The van der Waals surface area contributed by atoms with E-state index in [2.05, 4.69) is 37.9 Å². The Hall–Kier alpha value is -1.55. The second-order valence-corrected chi connectivity index (χ2v) is 6.17. The zero-order valence-electron chi connectivity index (χ0n) is 12.4. The van der Waals surface area contributed by atoms with Crippen molar-refractivity contribution in [3.05, 3.63) is 57.5 Å². The molecule has 1 aromatic carbocycles. The Morgan fingerprint density at radius 1 is 1.30 bits per heavy atom. The first-order valence-corrected chi connectivity index (χ1v) is 7.73. The number of aryl methyl sites for hydroxylation is 1. The van der Waals surface area contributed by atoms with Crippen molar-refractivity contribution < 1.29 is 0 Å². The van der Waals surface area contributed by atoms with Crippen LogP contribution in [-0.4, -0.2) is 9.55 Å². The van der Waals surface area contributed by atoms with Crippen LogP contribution in [0.3, 0.4) is 0 Å². The van der Waals surface area contributed by atoms with Gasteiger partial charge < -0.3 is 0 Å². The van der Waals surface area contributed by atoms with Crippen LogP contribution >= 0.6 is 11.8 Å². The summed E-state index contributed by atoms with van der Waals surface area (Å²) in [6, 6.07) is 9.93. The van der Waals surface area contributed by atoms with Crippen molar-refractivity contribution in [1.82, 2.24) is 9.55 Å². The van der Waals surface area contributed by atoms with Crippen LogP contribution in [0.25, 0.3) is 0 Å². The molecule has 0 amide bonds. The van der Waals surface area contributed by atoms with Gasteiger partial charge in [0.15, 0.2) is 5.16 Å². The van der Waals surface area contributed by atoms with Crippen molar-refractivity contribution in [2.45, 2.75) is 37.6 Å². The highest BCUT2D eigenvalue weighted by Crippen LogP contribution is 2.23. The summed E-state index contributed by atoms with van der Waals surface area (Å²) in [5.74, 6) is 1.09. The van der Waals surface area contributed by atoms with Crippen LogP contribution in [0.15, 0.2) is 40.3 Å². The van der Waals surface area contributed by atoms with Crippen LogP contribution in [0.5, 0.6) is 0 Å². The van der Waals surface area contributed by atoms with E-state index < -0.39 is 0 Å². The van der Waals surface area contributed by atoms with E-state index in [0.717, 1.165) is 16.6 Å². The summed E-state index contributed by atoms with van der Waals surface area (Å²) in [5.41, 5.74) is 3.42. The first-order valence-electron chi connectivity index (χ1n) is 6.74. The van der Waals surface area contributed by atoms with Crippen molar-refractivity contribution in [2.75, 3.05) is 0 Å². The summed E-state index contributed by atoms with van der Waals surface area (Å²) in [6.07, 6.45) is 0. The largest absolute Gasteiger partial charge is 0.291 e. The molecule has 0 aliphatic heterocycles. The van der Waals surface area contributed by atoms with Gasteiger partial charge in [0.05, 0.1) is 5.69 Å². The Balaban J connectivity index is 2.25. The highest BCUT2D eigenvalue weighted by molar-refractivity contribution is 7.98. The molecule has 0 aliphatic carbocycles. The smallest absolute Gasteiger partial charge is 0.254 e.